The maximum atomic E-state index is 12.2. The predicted molar refractivity (Wildman–Crippen MR) is 122 cm³/mol. The molecule has 1 aromatic rings. The number of benzene rings is 1. The zero-order valence-corrected chi connectivity index (χ0v) is 19.8. The van der Waals surface area contributed by atoms with Crippen LogP contribution in [0.2, 0.25) is 0 Å². The average molecular weight is 512 g/mol. The smallest absolute Gasteiger partial charge is 0.216 e. The van der Waals surface area contributed by atoms with Crippen LogP contribution in [0.25, 0.3) is 0 Å². The van der Waals surface area contributed by atoms with Crippen molar-refractivity contribution < 1.29 is 13.2 Å². The topological polar surface area (TPSA) is 91.8 Å². The Morgan fingerprint density at radius 1 is 1.19 bits per heavy atom. The van der Waals surface area contributed by atoms with Gasteiger partial charge in [-0.05, 0) is 38.3 Å². The van der Waals surface area contributed by atoms with Crippen LogP contribution < -0.4 is 15.4 Å². The van der Waals surface area contributed by atoms with Gasteiger partial charge >= 0.3 is 0 Å². The van der Waals surface area contributed by atoms with Crippen molar-refractivity contribution in [2.75, 3.05) is 26.8 Å². The SMILES string of the molecule is CCOCCCNC(=NC)NCc1ccccc1CS(=O)(=O)NC(C)C.I. The first-order valence-electron chi connectivity index (χ1n) is 8.97. The van der Waals surface area contributed by atoms with Crippen molar-refractivity contribution in [1.29, 1.82) is 0 Å². The first-order chi connectivity index (χ1) is 12.4. The molecule has 156 valence electrons. The largest absolute Gasteiger partial charge is 0.382 e. The molecule has 0 unspecified atom stereocenters. The summed E-state index contributed by atoms with van der Waals surface area (Å²) < 4.78 is 32.3. The molecule has 9 heteroatoms. The zero-order chi connectivity index (χ0) is 19.4. The molecule has 0 fully saturated rings. The highest BCUT2D eigenvalue weighted by atomic mass is 127. The Balaban J connectivity index is 0.00000676. The summed E-state index contributed by atoms with van der Waals surface area (Å²) in [5, 5.41) is 6.45. The second-order valence-corrected chi connectivity index (χ2v) is 7.96. The maximum absolute atomic E-state index is 12.2. The Bertz CT molecular complexity index is 666. The molecule has 1 rings (SSSR count). The molecule has 0 saturated heterocycles. The van der Waals surface area contributed by atoms with Crippen LogP contribution in [0.1, 0.15) is 38.3 Å². The normalized spacial score (nSPS) is 12.0. The Morgan fingerprint density at radius 3 is 2.44 bits per heavy atom. The second kappa shape index (κ2) is 14.1. The monoisotopic (exact) mass is 512 g/mol. The number of nitrogens with zero attached hydrogens (tertiary/aromatic N) is 1. The van der Waals surface area contributed by atoms with Gasteiger partial charge in [0.1, 0.15) is 0 Å². The summed E-state index contributed by atoms with van der Waals surface area (Å²) in [5.74, 6) is 0.642. The van der Waals surface area contributed by atoms with Crippen LogP contribution in [0.5, 0.6) is 0 Å². The molecule has 0 aromatic heterocycles. The molecule has 27 heavy (non-hydrogen) atoms. The van der Waals surface area contributed by atoms with E-state index in [1.165, 1.54) is 0 Å². The summed E-state index contributed by atoms with van der Waals surface area (Å²) in [7, 11) is -1.65. The Labute approximate surface area is 180 Å². The molecule has 0 heterocycles. The van der Waals surface area contributed by atoms with Crippen LogP contribution in [-0.2, 0) is 27.1 Å². The first-order valence-corrected chi connectivity index (χ1v) is 10.6. The predicted octanol–water partition coefficient (Wildman–Crippen LogP) is 2.22. The quantitative estimate of drug-likeness (QED) is 0.183. The van der Waals surface area contributed by atoms with E-state index in [2.05, 4.69) is 20.3 Å². The van der Waals surface area contributed by atoms with E-state index < -0.39 is 10.0 Å². The number of rotatable bonds is 11. The molecule has 0 radical (unpaired) electrons. The van der Waals surface area contributed by atoms with Gasteiger partial charge in [-0.25, -0.2) is 13.1 Å². The van der Waals surface area contributed by atoms with Crippen molar-refractivity contribution >= 4 is 40.0 Å². The summed E-state index contributed by atoms with van der Waals surface area (Å²) in [6.07, 6.45) is 0.893. The van der Waals surface area contributed by atoms with E-state index in [0.717, 1.165) is 30.7 Å². The lowest BCUT2D eigenvalue weighted by Gasteiger charge is -2.15. The molecular weight excluding hydrogens is 479 g/mol. The maximum Gasteiger partial charge on any atom is 0.216 e. The van der Waals surface area contributed by atoms with E-state index in [-0.39, 0.29) is 35.8 Å². The third kappa shape index (κ3) is 11.5. The Kier molecular flexibility index (Phi) is 13.7. The van der Waals surface area contributed by atoms with Crippen molar-refractivity contribution in [3.05, 3.63) is 35.4 Å². The van der Waals surface area contributed by atoms with Gasteiger partial charge in [0.25, 0.3) is 0 Å². The van der Waals surface area contributed by atoms with E-state index >= 15 is 0 Å². The molecule has 7 nitrogen and oxygen atoms in total. The van der Waals surface area contributed by atoms with E-state index in [4.69, 9.17) is 4.74 Å². The van der Waals surface area contributed by atoms with Gasteiger partial charge in [-0.1, -0.05) is 24.3 Å². The molecule has 0 saturated carbocycles. The molecule has 0 aliphatic heterocycles. The fraction of sp³-hybridized carbons (Fsp3) is 0.611. The molecule has 0 amide bonds. The minimum atomic E-state index is -3.36. The number of nitrogens with one attached hydrogen (secondary N) is 3. The first kappa shape index (κ1) is 26.1. The highest BCUT2D eigenvalue weighted by Crippen LogP contribution is 2.12. The second-order valence-electron chi connectivity index (χ2n) is 6.20. The number of guanidine groups is 1. The summed E-state index contributed by atoms with van der Waals surface area (Å²) in [6, 6.07) is 7.40. The van der Waals surface area contributed by atoms with E-state index in [0.29, 0.717) is 19.1 Å². The molecule has 3 N–H and O–H groups in total. The zero-order valence-electron chi connectivity index (χ0n) is 16.6. The van der Waals surface area contributed by atoms with E-state index in [9.17, 15) is 8.42 Å². The lowest BCUT2D eigenvalue weighted by atomic mass is 10.1. The molecule has 0 spiro atoms. The summed E-state index contributed by atoms with van der Waals surface area (Å²) in [6.45, 7) is 8.29. The van der Waals surface area contributed by atoms with Gasteiger partial charge in [0.15, 0.2) is 5.96 Å². The van der Waals surface area contributed by atoms with Gasteiger partial charge < -0.3 is 15.4 Å². The van der Waals surface area contributed by atoms with E-state index in [1.54, 1.807) is 7.05 Å². The number of hydrogen-bond donors (Lipinski definition) is 3. The van der Waals surface area contributed by atoms with Crippen LogP contribution in [0.3, 0.4) is 0 Å². The molecule has 0 atom stereocenters. The number of hydrogen-bond acceptors (Lipinski definition) is 4. The number of ether oxygens (including phenoxy) is 1. The molecule has 0 aliphatic rings. The summed E-state index contributed by atoms with van der Waals surface area (Å²) in [4.78, 5) is 4.19. The number of aliphatic imine (C=N–C) groups is 1. The fourth-order valence-electron chi connectivity index (χ4n) is 2.40. The Hall–Kier alpha value is -0.910. The van der Waals surface area contributed by atoms with Crippen molar-refractivity contribution in [3.63, 3.8) is 0 Å². The van der Waals surface area contributed by atoms with Crippen LogP contribution in [0, 0.1) is 0 Å². The van der Waals surface area contributed by atoms with Gasteiger partial charge in [0.05, 0.1) is 5.75 Å². The number of sulfonamides is 1. The van der Waals surface area contributed by atoms with Crippen molar-refractivity contribution in [2.24, 2.45) is 4.99 Å². The fourth-order valence-corrected chi connectivity index (χ4v) is 3.89. The van der Waals surface area contributed by atoms with Gasteiger partial charge in [0.2, 0.25) is 10.0 Å². The van der Waals surface area contributed by atoms with Crippen molar-refractivity contribution in [1.82, 2.24) is 15.4 Å². The van der Waals surface area contributed by atoms with Crippen molar-refractivity contribution in [3.8, 4) is 0 Å². The number of halogens is 1. The molecule has 0 aliphatic carbocycles. The lowest BCUT2D eigenvalue weighted by molar-refractivity contribution is 0.145. The average Bonchev–Trinajstić information content (AvgIpc) is 2.57. The van der Waals surface area contributed by atoms with Crippen LogP contribution in [-0.4, -0.2) is 47.2 Å². The van der Waals surface area contributed by atoms with Gasteiger partial charge in [-0.2, -0.15) is 0 Å². The minimum Gasteiger partial charge on any atom is -0.382 e. The highest BCUT2D eigenvalue weighted by molar-refractivity contribution is 14.0. The third-order valence-electron chi connectivity index (χ3n) is 3.51. The summed E-state index contributed by atoms with van der Waals surface area (Å²) >= 11 is 0. The van der Waals surface area contributed by atoms with Gasteiger partial charge in [-0.15, -0.1) is 24.0 Å². The molecule has 0 bridgehead atoms. The van der Waals surface area contributed by atoms with Crippen LogP contribution in [0.15, 0.2) is 29.3 Å². The minimum absolute atomic E-state index is 0. The molecular formula is C18H33IN4O3S. The van der Waals surface area contributed by atoms with Crippen molar-refractivity contribution in [2.45, 2.75) is 45.5 Å². The van der Waals surface area contributed by atoms with E-state index in [1.807, 2.05) is 45.0 Å². The Morgan fingerprint density at radius 2 is 1.85 bits per heavy atom. The van der Waals surface area contributed by atoms with Gasteiger partial charge in [0, 0.05) is 39.4 Å². The van der Waals surface area contributed by atoms with Crippen LogP contribution in [0.4, 0.5) is 0 Å². The summed E-state index contributed by atoms with van der Waals surface area (Å²) in [5.41, 5.74) is 1.71. The lowest BCUT2D eigenvalue weighted by Crippen LogP contribution is -2.38. The molecule has 1 aromatic carbocycles. The van der Waals surface area contributed by atoms with Crippen LogP contribution >= 0.6 is 24.0 Å². The highest BCUT2D eigenvalue weighted by Gasteiger charge is 2.15. The van der Waals surface area contributed by atoms with Gasteiger partial charge in [-0.3, -0.25) is 4.99 Å². The standard InChI is InChI=1S/C18H32N4O3S.HI/c1-5-25-12-8-11-20-18(19-4)21-13-16-9-6-7-10-17(16)14-26(23,24)22-15(2)3;/h6-7,9-10,15,22H,5,8,11-14H2,1-4H3,(H2,19,20,21);1H. The third-order valence-corrected chi connectivity index (χ3v) is 5.03.